The van der Waals surface area contributed by atoms with Crippen LogP contribution in [0.25, 0.3) is 22.5 Å². The lowest BCUT2D eigenvalue weighted by molar-refractivity contribution is -0.387. The molecule has 0 aliphatic carbocycles. The summed E-state index contributed by atoms with van der Waals surface area (Å²) in [6.45, 7) is 0. The molecule has 7 nitrogen and oxygen atoms in total. The third-order valence-corrected chi connectivity index (χ3v) is 5.20. The highest BCUT2D eigenvalue weighted by atomic mass is 32.2. The van der Waals surface area contributed by atoms with Gasteiger partial charge in [-0.3, -0.25) is 14.9 Å². The summed E-state index contributed by atoms with van der Waals surface area (Å²) in [5, 5.41) is 20.3. The molecule has 0 atom stereocenters. The van der Waals surface area contributed by atoms with Gasteiger partial charge < -0.3 is 0 Å². The Morgan fingerprint density at radius 1 is 0.833 bits per heavy atom. The summed E-state index contributed by atoms with van der Waals surface area (Å²) in [7, 11) is 0. The average molecular weight is 414 g/mol. The van der Waals surface area contributed by atoms with E-state index >= 15 is 0 Å². The zero-order chi connectivity index (χ0) is 20.9. The second-order valence-corrected chi connectivity index (χ2v) is 7.24. The van der Waals surface area contributed by atoms with E-state index in [1.165, 1.54) is 18.2 Å². The van der Waals surface area contributed by atoms with Gasteiger partial charge in [-0.2, -0.15) is 0 Å². The van der Waals surface area contributed by atoms with Crippen LogP contribution in [-0.2, 0) is 0 Å². The van der Waals surface area contributed by atoms with E-state index in [0.29, 0.717) is 22.6 Å². The van der Waals surface area contributed by atoms with Crippen LogP contribution in [0, 0.1) is 10.1 Å². The second kappa shape index (κ2) is 8.62. The molecule has 0 saturated carbocycles. The van der Waals surface area contributed by atoms with Crippen LogP contribution in [0.1, 0.15) is 10.4 Å². The summed E-state index contributed by atoms with van der Waals surface area (Å²) in [4.78, 5) is 26.8. The van der Waals surface area contributed by atoms with Crippen LogP contribution in [0.3, 0.4) is 0 Å². The van der Waals surface area contributed by atoms with Gasteiger partial charge in [0.15, 0.2) is 0 Å². The zero-order valence-electron chi connectivity index (χ0n) is 15.5. The first-order valence-corrected chi connectivity index (χ1v) is 9.74. The monoisotopic (exact) mass is 414 g/mol. The minimum Gasteiger partial charge on any atom is -0.298 e. The predicted octanol–water partition coefficient (Wildman–Crippen LogP) is 5.08. The summed E-state index contributed by atoms with van der Waals surface area (Å²) in [6.07, 6.45) is 0.571. The number of hydrogen-bond donors (Lipinski definition) is 0. The van der Waals surface area contributed by atoms with Crippen molar-refractivity contribution in [3.05, 3.63) is 94.5 Å². The van der Waals surface area contributed by atoms with Gasteiger partial charge in [0.25, 0.3) is 5.69 Å². The lowest BCUT2D eigenvalue weighted by Gasteiger charge is -2.09. The molecular formula is C22H14N4O3S. The van der Waals surface area contributed by atoms with Crippen LogP contribution in [0.4, 0.5) is 5.69 Å². The first-order valence-electron chi connectivity index (χ1n) is 8.93. The minimum absolute atomic E-state index is 0.179. The molecule has 0 spiro atoms. The highest BCUT2D eigenvalue weighted by Crippen LogP contribution is 2.35. The molecule has 4 aromatic rings. The third-order valence-electron chi connectivity index (χ3n) is 4.28. The minimum atomic E-state index is -0.529. The number of carbonyl (C=O) groups excluding carboxylic acids is 1. The van der Waals surface area contributed by atoms with Crippen molar-refractivity contribution in [2.24, 2.45) is 0 Å². The Labute approximate surface area is 176 Å². The second-order valence-electron chi connectivity index (χ2n) is 6.23. The van der Waals surface area contributed by atoms with E-state index in [0.717, 1.165) is 22.9 Å². The van der Waals surface area contributed by atoms with Gasteiger partial charge >= 0.3 is 0 Å². The van der Waals surface area contributed by atoms with Gasteiger partial charge in [-0.25, -0.2) is 4.98 Å². The molecule has 0 aliphatic rings. The van der Waals surface area contributed by atoms with E-state index < -0.39 is 4.92 Å². The summed E-state index contributed by atoms with van der Waals surface area (Å²) in [5.41, 5.74) is 3.03. The lowest BCUT2D eigenvalue weighted by Crippen LogP contribution is -2.00. The molecule has 0 bridgehead atoms. The molecule has 1 heterocycles. The fourth-order valence-electron chi connectivity index (χ4n) is 2.88. The number of rotatable bonds is 6. The van der Waals surface area contributed by atoms with E-state index in [4.69, 9.17) is 0 Å². The summed E-state index contributed by atoms with van der Waals surface area (Å²) in [5.74, 6) is 0. The maximum absolute atomic E-state index is 11.4. The number of nitrogens with zero attached hydrogens (tertiary/aromatic N) is 4. The smallest absolute Gasteiger partial charge is 0.284 e. The molecule has 0 amide bonds. The van der Waals surface area contributed by atoms with Gasteiger partial charge in [0, 0.05) is 22.8 Å². The third kappa shape index (κ3) is 4.08. The quantitative estimate of drug-likeness (QED) is 0.246. The van der Waals surface area contributed by atoms with Crippen molar-refractivity contribution in [1.29, 1.82) is 0 Å². The first kappa shape index (κ1) is 19.4. The number of nitro benzene ring substituents is 1. The van der Waals surface area contributed by atoms with Crippen molar-refractivity contribution in [2.45, 2.75) is 10.1 Å². The normalized spacial score (nSPS) is 10.5. The number of aldehydes is 1. The van der Waals surface area contributed by atoms with Crippen molar-refractivity contribution in [3.8, 4) is 22.5 Å². The van der Waals surface area contributed by atoms with Gasteiger partial charge in [-0.1, -0.05) is 66.7 Å². The highest BCUT2D eigenvalue weighted by molar-refractivity contribution is 7.99. The van der Waals surface area contributed by atoms with Gasteiger partial charge in [0.05, 0.1) is 9.82 Å². The molecule has 0 radical (unpaired) electrons. The standard InChI is InChI=1S/C22H14N4O3S/c27-14-15-11-12-19(18(13-15)26(28)29)30-22-23-20(16-7-3-1-4-8-16)21(24-25-22)17-9-5-2-6-10-17/h1-14H. The molecule has 3 aromatic carbocycles. The van der Waals surface area contributed by atoms with Crippen LogP contribution in [0.15, 0.2) is 88.9 Å². The zero-order valence-corrected chi connectivity index (χ0v) is 16.3. The average Bonchev–Trinajstić information content (AvgIpc) is 2.80. The van der Waals surface area contributed by atoms with Gasteiger partial charge in [0.1, 0.15) is 17.7 Å². The number of aromatic nitrogens is 3. The van der Waals surface area contributed by atoms with E-state index in [-0.39, 0.29) is 16.4 Å². The Kier molecular flexibility index (Phi) is 5.58. The van der Waals surface area contributed by atoms with Crippen molar-refractivity contribution in [3.63, 3.8) is 0 Å². The molecule has 0 unspecified atom stereocenters. The van der Waals surface area contributed by atoms with Crippen molar-refractivity contribution < 1.29 is 9.72 Å². The van der Waals surface area contributed by atoms with E-state index in [1.54, 1.807) is 0 Å². The fraction of sp³-hybridized carbons (Fsp3) is 0. The van der Waals surface area contributed by atoms with Crippen LogP contribution in [-0.4, -0.2) is 26.4 Å². The summed E-state index contributed by atoms with van der Waals surface area (Å²) in [6, 6.07) is 23.4. The van der Waals surface area contributed by atoms with Gasteiger partial charge in [-0.05, 0) is 17.8 Å². The summed E-state index contributed by atoms with van der Waals surface area (Å²) < 4.78 is 0. The van der Waals surface area contributed by atoms with Crippen LogP contribution < -0.4 is 0 Å². The SMILES string of the molecule is O=Cc1ccc(Sc2nnc(-c3ccccc3)c(-c3ccccc3)n2)c([N+](=O)[O-])c1. The fourth-order valence-corrected chi connectivity index (χ4v) is 3.67. The van der Waals surface area contributed by atoms with E-state index in [1.807, 2.05) is 60.7 Å². The first-order chi connectivity index (χ1) is 14.7. The molecule has 8 heteroatoms. The number of nitro groups is 1. The Bertz CT molecular complexity index is 1220. The number of hydrogen-bond acceptors (Lipinski definition) is 7. The largest absolute Gasteiger partial charge is 0.298 e. The molecule has 0 aliphatic heterocycles. The molecule has 0 fully saturated rings. The molecule has 146 valence electrons. The number of benzene rings is 3. The molecular weight excluding hydrogens is 400 g/mol. The van der Waals surface area contributed by atoms with Crippen molar-refractivity contribution in [1.82, 2.24) is 15.2 Å². The topological polar surface area (TPSA) is 98.9 Å². The van der Waals surface area contributed by atoms with Crippen LogP contribution in [0.5, 0.6) is 0 Å². The predicted molar refractivity (Wildman–Crippen MR) is 113 cm³/mol. The van der Waals surface area contributed by atoms with Gasteiger partial charge in [0.2, 0.25) is 5.16 Å². The highest BCUT2D eigenvalue weighted by Gasteiger charge is 2.19. The molecule has 0 N–H and O–H groups in total. The summed E-state index contributed by atoms with van der Waals surface area (Å²) >= 11 is 1.03. The maximum atomic E-state index is 11.4. The van der Waals surface area contributed by atoms with Crippen molar-refractivity contribution in [2.75, 3.05) is 0 Å². The van der Waals surface area contributed by atoms with Crippen LogP contribution >= 0.6 is 11.8 Å². The van der Waals surface area contributed by atoms with E-state index in [2.05, 4.69) is 15.2 Å². The van der Waals surface area contributed by atoms with Gasteiger partial charge in [-0.15, -0.1) is 10.2 Å². The number of carbonyl (C=O) groups is 1. The van der Waals surface area contributed by atoms with E-state index in [9.17, 15) is 14.9 Å². The molecule has 4 rings (SSSR count). The molecule has 0 saturated heterocycles. The van der Waals surface area contributed by atoms with Crippen molar-refractivity contribution >= 4 is 23.7 Å². The van der Waals surface area contributed by atoms with Crippen LogP contribution in [0.2, 0.25) is 0 Å². The Morgan fingerprint density at radius 3 is 2.07 bits per heavy atom. The molecule has 1 aromatic heterocycles. The Hall–Kier alpha value is -3.91. The maximum Gasteiger partial charge on any atom is 0.284 e. The Balaban J connectivity index is 1.80. The Morgan fingerprint density at radius 2 is 1.47 bits per heavy atom. The molecule has 30 heavy (non-hydrogen) atoms. The lowest BCUT2D eigenvalue weighted by atomic mass is 10.0.